The van der Waals surface area contributed by atoms with Crippen molar-refractivity contribution in [3.05, 3.63) is 18.2 Å². The number of rotatable bonds is 7. The van der Waals surface area contributed by atoms with Crippen LogP contribution in [0.25, 0.3) is 0 Å². The number of hydrogen-bond donors (Lipinski definition) is 1. The van der Waals surface area contributed by atoms with Gasteiger partial charge in [0.05, 0.1) is 24.2 Å². The molecule has 0 radical (unpaired) electrons. The molecule has 1 aromatic rings. The van der Waals surface area contributed by atoms with Crippen LogP contribution in [0.3, 0.4) is 0 Å². The quantitative estimate of drug-likeness (QED) is 0.791. The molecule has 1 N–H and O–H groups in total. The Morgan fingerprint density at radius 3 is 2.76 bits per heavy atom. The molecule has 0 aromatic carbocycles. The van der Waals surface area contributed by atoms with Gasteiger partial charge in [0.15, 0.2) is 0 Å². The zero-order valence-corrected chi connectivity index (χ0v) is 11.7. The average molecular weight is 239 g/mol. The summed E-state index contributed by atoms with van der Waals surface area (Å²) < 4.78 is 7.59. The maximum absolute atomic E-state index is 5.44. The van der Waals surface area contributed by atoms with E-state index in [1.165, 1.54) is 5.69 Å². The van der Waals surface area contributed by atoms with Crippen LogP contribution >= 0.6 is 0 Å². The van der Waals surface area contributed by atoms with Crippen LogP contribution in [0.15, 0.2) is 12.5 Å². The third-order valence-electron chi connectivity index (χ3n) is 2.76. The number of nitrogens with zero attached hydrogens (tertiary/aromatic N) is 2. The van der Waals surface area contributed by atoms with Crippen molar-refractivity contribution in [2.24, 2.45) is 5.92 Å². The molecule has 0 fully saturated rings. The van der Waals surface area contributed by atoms with Gasteiger partial charge in [0.25, 0.3) is 0 Å². The van der Waals surface area contributed by atoms with Gasteiger partial charge in [-0.25, -0.2) is 4.98 Å². The van der Waals surface area contributed by atoms with Gasteiger partial charge in [-0.1, -0.05) is 13.8 Å². The zero-order chi connectivity index (χ0) is 12.9. The molecule has 0 aliphatic rings. The lowest BCUT2D eigenvalue weighted by atomic mass is 10.1. The first-order valence-corrected chi connectivity index (χ1v) is 6.19. The van der Waals surface area contributed by atoms with Gasteiger partial charge < -0.3 is 14.6 Å². The van der Waals surface area contributed by atoms with Crippen molar-refractivity contribution in [2.45, 2.75) is 46.4 Å². The molecule has 0 aliphatic carbocycles. The van der Waals surface area contributed by atoms with Gasteiger partial charge in [0.2, 0.25) is 0 Å². The molecule has 1 aromatic heterocycles. The molecule has 0 saturated heterocycles. The Bertz CT molecular complexity index is 331. The van der Waals surface area contributed by atoms with E-state index in [2.05, 4.69) is 42.6 Å². The number of methoxy groups -OCH3 is 1. The fourth-order valence-electron chi connectivity index (χ4n) is 1.60. The minimum Gasteiger partial charge on any atom is -0.377 e. The van der Waals surface area contributed by atoms with E-state index in [4.69, 9.17) is 4.74 Å². The van der Waals surface area contributed by atoms with Gasteiger partial charge in [-0.05, 0) is 26.3 Å². The van der Waals surface area contributed by atoms with Gasteiger partial charge in [0, 0.05) is 19.9 Å². The normalized spacial score (nSPS) is 12.4. The van der Waals surface area contributed by atoms with E-state index in [-0.39, 0.29) is 5.60 Å². The third-order valence-corrected chi connectivity index (χ3v) is 2.76. The summed E-state index contributed by atoms with van der Waals surface area (Å²) in [6, 6.07) is 0. The van der Waals surface area contributed by atoms with E-state index in [1.54, 1.807) is 7.11 Å². The van der Waals surface area contributed by atoms with E-state index >= 15 is 0 Å². The molecule has 4 nitrogen and oxygen atoms in total. The minimum absolute atomic E-state index is 0.159. The predicted molar refractivity (Wildman–Crippen MR) is 69.9 cm³/mol. The monoisotopic (exact) mass is 239 g/mol. The molecule has 0 unspecified atom stereocenters. The standard InChI is InChI=1S/C13H25N3O/c1-11(2)6-14-7-12-8-15-10-16(12)9-13(3,4)17-5/h8,10-11,14H,6-7,9H2,1-5H3. The Kier molecular flexibility index (Phi) is 5.15. The summed E-state index contributed by atoms with van der Waals surface area (Å²) in [5.74, 6) is 0.668. The maximum Gasteiger partial charge on any atom is 0.0949 e. The Balaban J connectivity index is 2.54. The molecule has 0 atom stereocenters. The molecular weight excluding hydrogens is 214 g/mol. The van der Waals surface area contributed by atoms with Crippen LogP contribution in [0, 0.1) is 5.92 Å². The summed E-state index contributed by atoms with van der Waals surface area (Å²) in [5, 5.41) is 3.43. The molecule has 0 saturated carbocycles. The highest BCUT2D eigenvalue weighted by Crippen LogP contribution is 2.12. The van der Waals surface area contributed by atoms with Crippen molar-refractivity contribution in [1.29, 1.82) is 0 Å². The van der Waals surface area contributed by atoms with E-state index in [9.17, 15) is 0 Å². The molecule has 0 spiro atoms. The minimum atomic E-state index is -0.159. The van der Waals surface area contributed by atoms with Crippen molar-refractivity contribution in [1.82, 2.24) is 14.9 Å². The second-order valence-corrected chi connectivity index (χ2v) is 5.50. The van der Waals surface area contributed by atoms with Gasteiger partial charge in [-0.15, -0.1) is 0 Å². The fourth-order valence-corrected chi connectivity index (χ4v) is 1.60. The number of nitrogens with one attached hydrogen (secondary N) is 1. The second-order valence-electron chi connectivity index (χ2n) is 5.50. The average Bonchev–Trinajstić information content (AvgIpc) is 2.65. The lowest BCUT2D eigenvalue weighted by molar-refractivity contribution is 0.00752. The summed E-state index contributed by atoms with van der Waals surface area (Å²) >= 11 is 0. The molecule has 1 heterocycles. The topological polar surface area (TPSA) is 39.1 Å². The van der Waals surface area contributed by atoms with Crippen LogP contribution in [0.5, 0.6) is 0 Å². The Hall–Kier alpha value is -0.870. The molecule has 4 heteroatoms. The van der Waals surface area contributed by atoms with E-state index in [0.29, 0.717) is 5.92 Å². The second kappa shape index (κ2) is 6.17. The van der Waals surface area contributed by atoms with Crippen molar-refractivity contribution in [3.8, 4) is 0 Å². The number of ether oxygens (including phenoxy) is 1. The summed E-state index contributed by atoms with van der Waals surface area (Å²) in [7, 11) is 1.74. The van der Waals surface area contributed by atoms with Gasteiger partial charge in [-0.3, -0.25) is 0 Å². The van der Waals surface area contributed by atoms with Gasteiger partial charge in [0.1, 0.15) is 0 Å². The number of imidazole rings is 1. The summed E-state index contributed by atoms with van der Waals surface area (Å²) in [6.45, 7) is 11.3. The van der Waals surface area contributed by atoms with Crippen LogP contribution < -0.4 is 5.32 Å². The largest absolute Gasteiger partial charge is 0.377 e. The Morgan fingerprint density at radius 2 is 2.18 bits per heavy atom. The molecule has 1 rings (SSSR count). The number of aromatic nitrogens is 2. The smallest absolute Gasteiger partial charge is 0.0949 e. The maximum atomic E-state index is 5.44. The molecular formula is C13H25N3O. The van der Waals surface area contributed by atoms with Crippen LogP contribution in [-0.2, 0) is 17.8 Å². The first-order chi connectivity index (χ1) is 7.94. The van der Waals surface area contributed by atoms with Crippen LogP contribution in [0.1, 0.15) is 33.4 Å². The first-order valence-electron chi connectivity index (χ1n) is 6.19. The highest BCUT2D eigenvalue weighted by molar-refractivity contribution is 4.99. The number of hydrogen-bond acceptors (Lipinski definition) is 3. The lowest BCUT2D eigenvalue weighted by Crippen LogP contribution is -2.30. The van der Waals surface area contributed by atoms with E-state index < -0.39 is 0 Å². The van der Waals surface area contributed by atoms with Crippen molar-refractivity contribution < 1.29 is 4.74 Å². The third kappa shape index (κ3) is 4.88. The van der Waals surface area contributed by atoms with Crippen LogP contribution in [-0.4, -0.2) is 28.8 Å². The van der Waals surface area contributed by atoms with Crippen molar-refractivity contribution in [3.63, 3.8) is 0 Å². The molecule has 0 bridgehead atoms. The fraction of sp³-hybridized carbons (Fsp3) is 0.769. The van der Waals surface area contributed by atoms with E-state index in [0.717, 1.165) is 19.6 Å². The van der Waals surface area contributed by atoms with E-state index in [1.807, 2.05) is 12.5 Å². The Morgan fingerprint density at radius 1 is 1.47 bits per heavy atom. The first kappa shape index (κ1) is 14.2. The summed E-state index contributed by atoms with van der Waals surface area (Å²) in [5.41, 5.74) is 1.05. The predicted octanol–water partition coefficient (Wildman–Crippen LogP) is 2.05. The highest BCUT2D eigenvalue weighted by atomic mass is 16.5. The summed E-state index contributed by atoms with van der Waals surface area (Å²) in [6.07, 6.45) is 3.78. The highest BCUT2D eigenvalue weighted by Gasteiger charge is 2.18. The molecule has 0 amide bonds. The van der Waals surface area contributed by atoms with Gasteiger partial charge in [-0.2, -0.15) is 0 Å². The SMILES string of the molecule is COC(C)(C)Cn1cncc1CNCC(C)C. The zero-order valence-electron chi connectivity index (χ0n) is 11.7. The van der Waals surface area contributed by atoms with Crippen molar-refractivity contribution in [2.75, 3.05) is 13.7 Å². The Labute approximate surface area is 104 Å². The molecule has 98 valence electrons. The van der Waals surface area contributed by atoms with Gasteiger partial charge >= 0.3 is 0 Å². The van der Waals surface area contributed by atoms with Crippen LogP contribution in [0.2, 0.25) is 0 Å². The molecule has 0 aliphatic heterocycles. The summed E-state index contributed by atoms with van der Waals surface area (Å²) in [4.78, 5) is 4.21. The lowest BCUT2D eigenvalue weighted by Gasteiger charge is -2.24. The van der Waals surface area contributed by atoms with Crippen LogP contribution in [0.4, 0.5) is 0 Å². The molecule has 17 heavy (non-hydrogen) atoms. The van der Waals surface area contributed by atoms with Crippen molar-refractivity contribution >= 4 is 0 Å².